The second-order valence-corrected chi connectivity index (χ2v) is 5.62. The molecule has 2 nitrogen and oxygen atoms in total. The van der Waals surface area contributed by atoms with Gasteiger partial charge in [-0.1, -0.05) is 30.7 Å². The van der Waals surface area contributed by atoms with Gasteiger partial charge in [0.1, 0.15) is 0 Å². The summed E-state index contributed by atoms with van der Waals surface area (Å²) in [7, 11) is 2.04. The predicted octanol–water partition coefficient (Wildman–Crippen LogP) is 3.33. The van der Waals surface area contributed by atoms with Gasteiger partial charge in [-0.3, -0.25) is 4.90 Å². The molecular weight excluding hydrogens is 244 g/mol. The zero-order chi connectivity index (χ0) is 13.0. The molecule has 1 heterocycles. The van der Waals surface area contributed by atoms with Crippen molar-refractivity contribution in [1.29, 1.82) is 0 Å². The van der Waals surface area contributed by atoms with Crippen LogP contribution in [0.15, 0.2) is 24.3 Å². The Balaban J connectivity index is 2.06. The van der Waals surface area contributed by atoms with E-state index in [1.165, 1.54) is 25.1 Å². The molecule has 0 aromatic heterocycles. The van der Waals surface area contributed by atoms with Crippen LogP contribution in [-0.4, -0.2) is 31.6 Å². The predicted molar refractivity (Wildman–Crippen MR) is 78.1 cm³/mol. The van der Waals surface area contributed by atoms with E-state index in [9.17, 15) is 0 Å². The lowest BCUT2D eigenvalue weighted by molar-refractivity contribution is 0.230. The summed E-state index contributed by atoms with van der Waals surface area (Å²) in [5, 5.41) is 4.13. The third kappa shape index (κ3) is 3.25. The van der Waals surface area contributed by atoms with Gasteiger partial charge < -0.3 is 5.32 Å². The van der Waals surface area contributed by atoms with Crippen LogP contribution >= 0.6 is 11.6 Å². The molecule has 0 spiro atoms. The standard InChI is InChI=1S/C15H23ClN2/c1-3-15(13-5-4-6-14(16)9-13)18-8-7-12(11-18)10-17-2/h4-6,9,12,15,17H,3,7-8,10-11H2,1-2H3. The molecule has 0 aliphatic carbocycles. The van der Waals surface area contributed by atoms with E-state index < -0.39 is 0 Å². The van der Waals surface area contributed by atoms with Crippen molar-refractivity contribution in [3.63, 3.8) is 0 Å². The third-order valence-electron chi connectivity index (χ3n) is 3.87. The first-order valence-electron chi connectivity index (χ1n) is 6.88. The molecule has 0 amide bonds. The molecule has 1 aromatic rings. The van der Waals surface area contributed by atoms with Crippen LogP contribution in [0.25, 0.3) is 0 Å². The quantitative estimate of drug-likeness (QED) is 0.880. The monoisotopic (exact) mass is 266 g/mol. The van der Waals surface area contributed by atoms with Crippen LogP contribution in [-0.2, 0) is 0 Å². The molecule has 2 rings (SSSR count). The number of benzene rings is 1. The smallest absolute Gasteiger partial charge is 0.0409 e. The van der Waals surface area contributed by atoms with Gasteiger partial charge in [-0.05, 0) is 56.6 Å². The van der Waals surface area contributed by atoms with Crippen molar-refractivity contribution in [1.82, 2.24) is 10.2 Å². The first-order chi connectivity index (χ1) is 8.74. The maximum atomic E-state index is 6.10. The van der Waals surface area contributed by atoms with E-state index >= 15 is 0 Å². The fourth-order valence-electron chi connectivity index (χ4n) is 3.02. The molecule has 2 unspecified atom stereocenters. The molecule has 2 atom stereocenters. The van der Waals surface area contributed by atoms with E-state index in [0.717, 1.165) is 23.9 Å². The minimum absolute atomic E-state index is 0.519. The molecule has 1 aliphatic heterocycles. The number of nitrogens with one attached hydrogen (secondary N) is 1. The molecule has 0 bridgehead atoms. The van der Waals surface area contributed by atoms with Crippen molar-refractivity contribution in [3.05, 3.63) is 34.9 Å². The average molecular weight is 267 g/mol. The zero-order valence-electron chi connectivity index (χ0n) is 11.3. The summed E-state index contributed by atoms with van der Waals surface area (Å²) < 4.78 is 0. The molecule has 1 fully saturated rings. The highest BCUT2D eigenvalue weighted by atomic mass is 35.5. The van der Waals surface area contributed by atoms with Crippen LogP contribution in [0.1, 0.15) is 31.4 Å². The summed E-state index contributed by atoms with van der Waals surface area (Å²) in [5.41, 5.74) is 1.36. The number of rotatable bonds is 5. The summed E-state index contributed by atoms with van der Waals surface area (Å²) in [4.78, 5) is 2.60. The summed E-state index contributed by atoms with van der Waals surface area (Å²) in [6.07, 6.45) is 2.45. The fourth-order valence-corrected chi connectivity index (χ4v) is 3.22. The number of nitrogens with zero attached hydrogens (tertiary/aromatic N) is 1. The Morgan fingerprint density at radius 2 is 2.33 bits per heavy atom. The minimum Gasteiger partial charge on any atom is -0.319 e. The van der Waals surface area contributed by atoms with E-state index in [4.69, 9.17) is 11.6 Å². The van der Waals surface area contributed by atoms with Crippen molar-refractivity contribution >= 4 is 11.6 Å². The molecule has 1 aliphatic rings. The fraction of sp³-hybridized carbons (Fsp3) is 0.600. The first kappa shape index (κ1) is 13.9. The van der Waals surface area contributed by atoms with E-state index in [0.29, 0.717) is 6.04 Å². The van der Waals surface area contributed by atoms with E-state index in [-0.39, 0.29) is 0 Å². The van der Waals surface area contributed by atoms with Crippen molar-refractivity contribution in [3.8, 4) is 0 Å². The lowest BCUT2D eigenvalue weighted by Crippen LogP contribution is -2.28. The summed E-state index contributed by atoms with van der Waals surface area (Å²) >= 11 is 6.10. The number of hydrogen-bond donors (Lipinski definition) is 1. The van der Waals surface area contributed by atoms with Crippen LogP contribution in [0.3, 0.4) is 0 Å². The van der Waals surface area contributed by atoms with Crippen molar-refractivity contribution in [2.75, 3.05) is 26.7 Å². The second-order valence-electron chi connectivity index (χ2n) is 5.19. The van der Waals surface area contributed by atoms with Crippen LogP contribution in [0.4, 0.5) is 0 Å². The maximum absolute atomic E-state index is 6.10. The van der Waals surface area contributed by atoms with E-state index in [1.54, 1.807) is 0 Å². The SMILES string of the molecule is CCC(c1cccc(Cl)c1)N1CCC(CNC)C1. The summed E-state index contributed by atoms with van der Waals surface area (Å²) in [6, 6.07) is 8.84. The van der Waals surface area contributed by atoms with Crippen LogP contribution in [0, 0.1) is 5.92 Å². The third-order valence-corrected chi connectivity index (χ3v) is 4.11. The Labute approximate surface area is 115 Å². The first-order valence-corrected chi connectivity index (χ1v) is 7.26. The zero-order valence-corrected chi connectivity index (χ0v) is 12.1. The van der Waals surface area contributed by atoms with E-state index in [2.05, 4.69) is 35.3 Å². The molecule has 0 saturated carbocycles. The van der Waals surface area contributed by atoms with Crippen LogP contribution < -0.4 is 5.32 Å². The van der Waals surface area contributed by atoms with Crippen molar-refractivity contribution in [2.24, 2.45) is 5.92 Å². The van der Waals surface area contributed by atoms with Crippen molar-refractivity contribution in [2.45, 2.75) is 25.8 Å². The molecule has 1 aromatic carbocycles. The van der Waals surface area contributed by atoms with Crippen molar-refractivity contribution < 1.29 is 0 Å². The molecule has 18 heavy (non-hydrogen) atoms. The Kier molecular flexibility index (Phi) is 5.04. The van der Waals surface area contributed by atoms with Crippen LogP contribution in [0.2, 0.25) is 5.02 Å². The lowest BCUT2D eigenvalue weighted by Gasteiger charge is -2.27. The number of likely N-dealkylation sites (tertiary alicyclic amines) is 1. The van der Waals surface area contributed by atoms with Gasteiger partial charge in [0.25, 0.3) is 0 Å². The lowest BCUT2D eigenvalue weighted by atomic mass is 10.0. The molecule has 1 N–H and O–H groups in total. The average Bonchev–Trinajstić information content (AvgIpc) is 2.79. The van der Waals surface area contributed by atoms with E-state index in [1.807, 2.05) is 13.1 Å². The Bertz CT molecular complexity index is 381. The Hall–Kier alpha value is -0.570. The minimum atomic E-state index is 0.519. The highest BCUT2D eigenvalue weighted by Crippen LogP contribution is 2.30. The second kappa shape index (κ2) is 6.55. The van der Waals surface area contributed by atoms with Crippen LogP contribution in [0.5, 0.6) is 0 Å². The van der Waals surface area contributed by atoms with Gasteiger partial charge in [-0.25, -0.2) is 0 Å². The molecule has 0 radical (unpaired) electrons. The Morgan fingerprint density at radius 1 is 1.50 bits per heavy atom. The van der Waals surface area contributed by atoms with Gasteiger partial charge in [-0.15, -0.1) is 0 Å². The summed E-state index contributed by atoms with van der Waals surface area (Å²) in [6.45, 7) is 5.79. The molecule has 3 heteroatoms. The Morgan fingerprint density at radius 3 is 3.00 bits per heavy atom. The largest absolute Gasteiger partial charge is 0.319 e. The number of halogens is 1. The van der Waals surface area contributed by atoms with Gasteiger partial charge >= 0.3 is 0 Å². The normalized spacial score (nSPS) is 22.3. The van der Waals surface area contributed by atoms with Gasteiger partial charge in [0.15, 0.2) is 0 Å². The van der Waals surface area contributed by atoms with Gasteiger partial charge in [0.2, 0.25) is 0 Å². The van der Waals surface area contributed by atoms with Gasteiger partial charge in [-0.2, -0.15) is 0 Å². The van der Waals surface area contributed by atoms with Gasteiger partial charge in [0.05, 0.1) is 0 Å². The molecule has 100 valence electrons. The summed E-state index contributed by atoms with van der Waals surface area (Å²) in [5.74, 6) is 0.795. The number of hydrogen-bond acceptors (Lipinski definition) is 2. The molecular formula is C15H23ClN2. The highest BCUT2D eigenvalue weighted by Gasteiger charge is 2.27. The van der Waals surface area contributed by atoms with Gasteiger partial charge in [0, 0.05) is 17.6 Å². The highest BCUT2D eigenvalue weighted by molar-refractivity contribution is 6.30. The molecule has 1 saturated heterocycles. The maximum Gasteiger partial charge on any atom is 0.0409 e. The topological polar surface area (TPSA) is 15.3 Å².